The van der Waals surface area contributed by atoms with Crippen LogP contribution in [0.2, 0.25) is 0 Å². The number of amides is 1. The summed E-state index contributed by atoms with van der Waals surface area (Å²) in [5, 5.41) is 6.25. The molecule has 24 heavy (non-hydrogen) atoms. The van der Waals surface area contributed by atoms with Crippen molar-refractivity contribution in [3.8, 4) is 0 Å². The Bertz CT molecular complexity index is 697. The van der Waals surface area contributed by atoms with Crippen LogP contribution in [0.3, 0.4) is 0 Å². The predicted octanol–water partition coefficient (Wildman–Crippen LogP) is 5.04. The summed E-state index contributed by atoms with van der Waals surface area (Å²) < 4.78 is 0. The van der Waals surface area contributed by atoms with Crippen LogP contribution in [-0.4, -0.2) is 12.5 Å². The molecule has 1 amide bonds. The van der Waals surface area contributed by atoms with Crippen molar-refractivity contribution in [1.82, 2.24) is 0 Å². The highest BCUT2D eigenvalue weighted by Crippen LogP contribution is 2.23. The molecule has 2 aromatic carbocycles. The minimum atomic E-state index is 0.0230. The van der Waals surface area contributed by atoms with Crippen LogP contribution >= 0.6 is 0 Å². The van der Waals surface area contributed by atoms with E-state index >= 15 is 0 Å². The molecule has 0 fully saturated rings. The van der Waals surface area contributed by atoms with Crippen molar-refractivity contribution in [2.24, 2.45) is 0 Å². The van der Waals surface area contributed by atoms with Gasteiger partial charge < -0.3 is 10.6 Å². The van der Waals surface area contributed by atoms with Gasteiger partial charge in [0.15, 0.2) is 0 Å². The number of carbonyl (C=O) groups excluding carboxylic acids is 1. The zero-order valence-corrected chi connectivity index (χ0v) is 15.4. The van der Waals surface area contributed by atoms with Crippen molar-refractivity contribution < 1.29 is 4.79 Å². The topological polar surface area (TPSA) is 41.1 Å². The minimum Gasteiger partial charge on any atom is -0.385 e. The standard InChI is InChI=1S/C21H28N2O/c1-15-6-9-19(14-16(15)2)22-13-12-20(24)23-18-10-7-17(8-11-18)21(3,4)5/h6-11,14,22H,12-13H2,1-5H3,(H,23,24). The van der Waals surface area contributed by atoms with Gasteiger partial charge in [-0.1, -0.05) is 39.0 Å². The molecular weight excluding hydrogens is 296 g/mol. The molecule has 2 aromatic rings. The number of benzene rings is 2. The second-order valence-corrected chi connectivity index (χ2v) is 7.35. The number of aryl methyl sites for hydroxylation is 2. The highest BCUT2D eigenvalue weighted by atomic mass is 16.1. The average molecular weight is 324 g/mol. The van der Waals surface area contributed by atoms with Gasteiger partial charge in [-0.2, -0.15) is 0 Å². The monoisotopic (exact) mass is 324 g/mol. The number of hydrogen-bond donors (Lipinski definition) is 2. The molecule has 0 spiro atoms. The van der Waals surface area contributed by atoms with E-state index in [1.165, 1.54) is 16.7 Å². The fourth-order valence-corrected chi connectivity index (χ4v) is 2.45. The first-order valence-electron chi connectivity index (χ1n) is 8.47. The Hall–Kier alpha value is -2.29. The summed E-state index contributed by atoms with van der Waals surface area (Å²) in [6, 6.07) is 14.3. The third kappa shape index (κ3) is 5.12. The molecule has 0 aliphatic rings. The summed E-state index contributed by atoms with van der Waals surface area (Å²) in [6.45, 7) is 11.3. The van der Waals surface area contributed by atoms with E-state index in [1.807, 2.05) is 18.2 Å². The summed E-state index contributed by atoms with van der Waals surface area (Å²) in [5.41, 5.74) is 5.82. The molecule has 0 saturated heterocycles. The van der Waals surface area contributed by atoms with Gasteiger partial charge in [0.1, 0.15) is 0 Å². The maximum Gasteiger partial charge on any atom is 0.226 e. The van der Waals surface area contributed by atoms with Crippen LogP contribution in [0.25, 0.3) is 0 Å². The van der Waals surface area contributed by atoms with Crippen LogP contribution in [0, 0.1) is 13.8 Å². The molecule has 0 saturated carbocycles. The number of anilines is 2. The molecule has 0 unspecified atom stereocenters. The van der Waals surface area contributed by atoms with Crippen molar-refractivity contribution >= 4 is 17.3 Å². The molecule has 0 aromatic heterocycles. The Balaban J connectivity index is 1.81. The van der Waals surface area contributed by atoms with E-state index in [0.717, 1.165) is 11.4 Å². The first-order valence-corrected chi connectivity index (χ1v) is 8.47. The molecule has 2 N–H and O–H groups in total. The third-order valence-electron chi connectivity index (χ3n) is 4.22. The highest BCUT2D eigenvalue weighted by molar-refractivity contribution is 5.91. The minimum absolute atomic E-state index is 0.0230. The van der Waals surface area contributed by atoms with Crippen LogP contribution in [0.5, 0.6) is 0 Å². The Morgan fingerprint density at radius 3 is 2.12 bits per heavy atom. The lowest BCUT2D eigenvalue weighted by atomic mass is 9.87. The van der Waals surface area contributed by atoms with Crippen LogP contribution in [0.4, 0.5) is 11.4 Å². The predicted molar refractivity (Wildman–Crippen MR) is 103 cm³/mol. The van der Waals surface area contributed by atoms with Crippen molar-refractivity contribution in [3.63, 3.8) is 0 Å². The van der Waals surface area contributed by atoms with Gasteiger partial charge in [0.05, 0.1) is 0 Å². The molecule has 3 heteroatoms. The molecule has 0 heterocycles. The van der Waals surface area contributed by atoms with Crippen molar-refractivity contribution in [3.05, 3.63) is 59.2 Å². The first kappa shape index (κ1) is 18.1. The summed E-state index contributed by atoms with van der Waals surface area (Å²) in [6.07, 6.45) is 0.438. The SMILES string of the molecule is Cc1ccc(NCCC(=O)Nc2ccc(C(C)(C)C)cc2)cc1C. The van der Waals surface area contributed by atoms with Crippen molar-refractivity contribution in [1.29, 1.82) is 0 Å². The number of nitrogens with one attached hydrogen (secondary N) is 2. The van der Waals surface area contributed by atoms with Gasteiger partial charge in [-0.15, -0.1) is 0 Å². The van der Waals surface area contributed by atoms with Gasteiger partial charge in [0, 0.05) is 24.3 Å². The lowest BCUT2D eigenvalue weighted by Crippen LogP contribution is -2.16. The Labute approximate surface area is 145 Å². The second-order valence-electron chi connectivity index (χ2n) is 7.35. The van der Waals surface area contributed by atoms with Gasteiger partial charge in [-0.3, -0.25) is 4.79 Å². The van der Waals surface area contributed by atoms with E-state index in [-0.39, 0.29) is 11.3 Å². The van der Waals surface area contributed by atoms with Gasteiger partial charge in [0.2, 0.25) is 5.91 Å². The maximum absolute atomic E-state index is 12.1. The Kier molecular flexibility index (Phi) is 5.66. The summed E-state index contributed by atoms with van der Waals surface area (Å²) in [4.78, 5) is 12.1. The second kappa shape index (κ2) is 7.52. The van der Waals surface area contributed by atoms with Crippen LogP contribution in [0.15, 0.2) is 42.5 Å². The van der Waals surface area contributed by atoms with Gasteiger partial charge in [-0.25, -0.2) is 0 Å². The quantitative estimate of drug-likeness (QED) is 0.809. The van der Waals surface area contributed by atoms with Crippen molar-refractivity contribution in [2.75, 3.05) is 17.2 Å². The number of carbonyl (C=O) groups is 1. The fourth-order valence-electron chi connectivity index (χ4n) is 2.45. The van der Waals surface area contributed by atoms with Crippen LogP contribution in [-0.2, 0) is 10.2 Å². The van der Waals surface area contributed by atoms with E-state index in [4.69, 9.17) is 0 Å². The molecule has 2 rings (SSSR count). The smallest absolute Gasteiger partial charge is 0.226 e. The van der Waals surface area contributed by atoms with E-state index < -0.39 is 0 Å². The lowest BCUT2D eigenvalue weighted by molar-refractivity contribution is -0.115. The molecule has 3 nitrogen and oxygen atoms in total. The van der Waals surface area contributed by atoms with E-state index in [2.05, 4.69) is 69.5 Å². The zero-order valence-electron chi connectivity index (χ0n) is 15.4. The molecule has 0 aliphatic heterocycles. The molecule has 0 aliphatic carbocycles. The summed E-state index contributed by atoms with van der Waals surface area (Å²) in [7, 11) is 0. The normalized spacial score (nSPS) is 11.2. The summed E-state index contributed by atoms with van der Waals surface area (Å²) >= 11 is 0. The van der Waals surface area contributed by atoms with Crippen LogP contribution < -0.4 is 10.6 Å². The number of hydrogen-bond acceptors (Lipinski definition) is 2. The average Bonchev–Trinajstić information content (AvgIpc) is 2.50. The largest absolute Gasteiger partial charge is 0.385 e. The van der Waals surface area contributed by atoms with Gasteiger partial charge in [0.25, 0.3) is 0 Å². The van der Waals surface area contributed by atoms with Crippen molar-refractivity contribution in [2.45, 2.75) is 46.5 Å². The molecule has 0 atom stereocenters. The van der Waals surface area contributed by atoms with Crippen LogP contribution in [0.1, 0.15) is 43.9 Å². The van der Waals surface area contributed by atoms with Gasteiger partial charge >= 0.3 is 0 Å². The van der Waals surface area contributed by atoms with E-state index in [9.17, 15) is 4.79 Å². The van der Waals surface area contributed by atoms with E-state index in [1.54, 1.807) is 0 Å². The zero-order chi connectivity index (χ0) is 17.7. The van der Waals surface area contributed by atoms with Gasteiger partial charge in [-0.05, 0) is 60.2 Å². The number of rotatable bonds is 5. The van der Waals surface area contributed by atoms with E-state index in [0.29, 0.717) is 13.0 Å². The molecule has 128 valence electrons. The fraction of sp³-hybridized carbons (Fsp3) is 0.381. The summed E-state index contributed by atoms with van der Waals surface area (Å²) in [5.74, 6) is 0.0230. The Morgan fingerprint density at radius 2 is 1.54 bits per heavy atom. The highest BCUT2D eigenvalue weighted by Gasteiger charge is 2.13. The lowest BCUT2D eigenvalue weighted by Gasteiger charge is -2.19. The molecule has 0 radical (unpaired) electrons. The Morgan fingerprint density at radius 1 is 0.917 bits per heavy atom. The maximum atomic E-state index is 12.1. The molecular formula is C21H28N2O. The first-order chi connectivity index (χ1) is 11.3. The molecule has 0 bridgehead atoms. The third-order valence-corrected chi connectivity index (χ3v) is 4.22.